The Morgan fingerprint density at radius 1 is 0.621 bits per heavy atom. The molecule has 0 bridgehead atoms. The molecule has 29 heavy (non-hydrogen) atoms. The van der Waals surface area contributed by atoms with Gasteiger partial charge < -0.3 is 10.2 Å². The lowest BCUT2D eigenvalue weighted by Crippen LogP contribution is -2.30. The number of aliphatic hydroxyl groups is 2. The summed E-state index contributed by atoms with van der Waals surface area (Å²) in [5.41, 5.74) is 2.21. The minimum absolute atomic E-state index is 0.660. The summed E-state index contributed by atoms with van der Waals surface area (Å²) in [6, 6.07) is 34.3. The SMILES string of the molecule is OC(c1ccc(Br)cc1)c1ccccc1C(O)(c1ccccc1)c1ccccc1. The normalized spacial score (nSPS) is 12.5. The number of aliphatic hydroxyl groups excluding tert-OH is 1. The Morgan fingerprint density at radius 2 is 1.10 bits per heavy atom. The molecule has 0 aromatic heterocycles. The zero-order valence-electron chi connectivity index (χ0n) is 15.7. The molecule has 2 N–H and O–H groups in total. The van der Waals surface area contributed by atoms with Crippen LogP contribution in [0.25, 0.3) is 0 Å². The molecular formula is C26H21BrO2. The van der Waals surface area contributed by atoms with E-state index >= 15 is 0 Å². The molecule has 4 aromatic rings. The van der Waals surface area contributed by atoms with Crippen LogP contribution < -0.4 is 0 Å². The second-order valence-electron chi connectivity index (χ2n) is 6.98. The van der Waals surface area contributed by atoms with E-state index in [1.54, 1.807) is 0 Å². The van der Waals surface area contributed by atoms with Crippen molar-refractivity contribution in [1.29, 1.82) is 0 Å². The van der Waals surface area contributed by atoms with Crippen LogP contribution in [0.2, 0.25) is 0 Å². The van der Waals surface area contributed by atoms with Crippen LogP contribution in [-0.4, -0.2) is 10.2 Å². The zero-order valence-corrected chi connectivity index (χ0v) is 17.3. The lowest BCUT2D eigenvalue weighted by atomic mass is 9.77. The summed E-state index contributed by atoms with van der Waals surface area (Å²) in [7, 11) is 0. The first-order chi connectivity index (χ1) is 14.1. The van der Waals surface area contributed by atoms with Crippen molar-refractivity contribution in [3.8, 4) is 0 Å². The second-order valence-corrected chi connectivity index (χ2v) is 7.90. The number of hydrogen-bond acceptors (Lipinski definition) is 2. The van der Waals surface area contributed by atoms with Crippen molar-refractivity contribution < 1.29 is 10.2 Å². The van der Waals surface area contributed by atoms with Gasteiger partial charge in [-0.3, -0.25) is 0 Å². The molecule has 4 rings (SSSR count). The third-order valence-electron chi connectivity index (χ3n) is 5.21. The monoisotopic (exact) mass is 444 g/mol. The maximum Gasteiger partial charge on any atom is 0.140 e. The average Bonchev–Trinajstić information content (AvgIpc) is 2.80. The van der Waals surface area contributed by atoms with E-state index in [-0.39, 0.29) is 0 Å². The number of halogens is 1. The summed E-state index contributed by atoms with van der Waals surface area (Å²) >= 11 is 3.44. The van der Waals surface area contributed by atoms with Crippen molar-refractivity contribution >= 4 is 15.9 Å². The van der Waals surface area contributed by atoms with E-state index in [2.05, 4.69) is 15.9 Å². The highest BCUT2D eigenvalue weighted by molar-refractivity contribution is 9.10. The van der Waals surface area contributed by atoms with Crippen molar-refractivity contribution in [2.45, 2.75) is 11.7 Å². The van der Waals surface area contributed by atoms with Crippen LogP contribution >= 0.6 is 15.9 Å². The predicted octanol–water partition coefficient (Wildman–Crippen LogP) is 5.82. The van der Waals surface area contributed by atoms with Gasteiger partial charge in [0.25, 0.3) is 0 Å². The maximum atomic E-state index is 12.1. The highest BCUT2D eigenvalue weighted by atomic mass is 79.9. The van der Waals surface area contributed by atoms with Gasteiger partial charge in [-0.05, 0) is 39.9 Å². The summed E-state index contributed by atoms with van der Waals surface area (Å²) in [6.45, 7) is 0. The van der Waals surface area contributed by atoms with Crippen LogP contribution in [0.3, 0.4) is 0 Å². The van der Waals surface area contributed by atoms with Crippen LogP contribution in [0, 0.1) is 0 Å². The molecule has 2 nitrogen and oxygen atoms in total. The van der Waals surface area contributed by atoms with E-state index in [0.29, 0.717) is 11.1 Å². The van der Waals surface area contributed by atoms with Crippen molar-refractivity contribution in [2.75, 3.05) is 0 Å². The fraction of sp³-hybridized carbons (Fsp3) is 0.0769. The molecule has 0 saturated heterocycles. The highest BCUT2D eigenvalue weighted by Gasteiger charge is 2.36. The molecule has 0 aliphatic heterocycles. The van der Waals surface area contributed by atoms with Gasteiger partial charge in [-0.25, -0.2) is 0 Å². The summed E-state index contributed by atoms with van der Waals surface area (Å²) in [5, 5.41) is 23.3. The van der Waals surface area contributed by atoms with E-state index in [1.807, 2.05) is 109 Å². The third kappa shape index (κ3) is 3.77. The molecule has 4 aromatic carbocycles. The Labute approximate surface area is 179 Å². The first-order valence-electron chi connectivity index (χ1n) is 9.47. The Morgan fingerprint density at radius 3 is 1.66 bits per heavy atom. The van der Waals surface area contributed by atoms with Crippen molar-refractivity contribution in [1.82, 2.24) is 0 Å². The van der Waals surface area contributed by atoms with Gasteiger partial charge in [0.2, 0.25) is 0 Å². The highest BCUT2D eigenvalue weighted by Crippen LogP contribution is 2.41. The van der Waals surface area contributed by atoms with Crippen LogP contribution in [0.15, 0.2) is 114 Å². The first kappa shape index (κ1) is 19.6. The molecule has 1 atom stereocenters. The summed E-state index contributed by atoms with van der Waals surface area (Å²) in [4.78, 5) is 0. The van der Waals surface area contributed by atoms with E-state index in [0.717, 1.165) is 21.2 Å². The van der Waals surface area contributed by atoms with E-state index in [1.165, 1.54) is 0 Å². The largest absolute Gasteiger partial charge is 0.384 e. The van der Waals surface area contributed by atoms with Gasteiger partial charge in [-0.15, -0.1) is 0 Å². The Hall–Kier alpha value is -2.72. The smallest absolute Gasteiger partial charge is 0.140 e. The number of benzene rings is 4. The first-order valence-corrected chi connectivity index (χ1v) is 10.3. The van der Waals surface area contributed by atoms with Gasteiger partial charge in [0.1, 0.15) is 11.7 Å². The molecule has 0 aliphatic rings. The standard InChI is InChI=1S/C26H21BrO2/c27-22-17-15-19(16-18-22)25(28)23-13-7-8-14-24(23)26(29,20-9-3-1-4-10-20)21-11-5-2-6-12-21/h1-18,25,28-29H. The number of hydrogen-bond donors (Lipinski definition) is 2. The fourth-order valence-corrected chi connectivity index (χ4v) is 3.99. The molecule has 0 fully saturated rings. The minimum Gasteiger partial charge on any atom is -0.384 e. The Kier molecular flexibility index (Phi) is 5.63. The van der Waals surface area contributed by atoms with Gasteiger partial charge in [-0.2, -0.15) is 0 Å². The quantitative estimate of drug-likeness (QED) is 0.381. The van der Waals surface area contributed by atoms with Crippen LogP contribution in [0.4, 0.5) is 0 Å². The van der Waals surface area contributed by atoms with Gasteiger partial charge in [-0.1, -0.05) is 113 Å². The van der Waals surface area contributed by atoms with Gasteiger partial charge in [0.05, 0.1) is 0 Å². The summed E-state index contributed by atoms with van der Waals surface area (Å²) < 4.78 is 0.951. The molecule has 3 heteroatoms. The molecule has 0 saturated carbocycles. The van der Waals surface area contributed by atoms with Crippen LogP contribution in [0.5, 0.6) is 0 Å². The van der Waals surface area contributed by atoms with E-state index in [4.69, 9.17) is 0 Å². The van der Waals surface area contributed by atoms with Crippen molar-refractivity contribution in [3.05, 3.63) is 141 Å². The average molecular weight is 445 g/mol. The molecule has 144 valence electrons. The lowest BCUT2D eigenvalue weighted by molar-refractivity contribution is 0.120. The summed E-state index contributed by atoms with van der Waals surface area (Å²) in [6.07, 6.45) is -0.863. The van der Waals surface area contributed by atoms with E-state index < -0.39 is 11.7 Å². The van der Waals surface area contributed by atoms with Crippen LogP contribution in [-0.2, 0) is 5.60 Å². The molecule has 0 radical (unpaired) electrons. The lowest BCUT2D eigenvalue weighted by Gasteiger charge is -2.33. The predicted molar refractivity (Wildman–Crippen MR) is 120 cm³/mol. The van der Waals surface area contributed by atoms with Gasteiger partial charge in [0, 0.05) is 4.47 Å². The second kappa shape index (κ2) is 8.34. The molecule has 1 unspecified atom stereocenters. The van der Waals surface area contributed by atoms with Gasteiger partial charge >= 0.3 is 0 Å². The maximum absolute atomic E-state index is 12.1. The van der Waals surface area contributed by atoms with E-state index in [9.17, 15) is 10.2 Å². The molecule has 0 amide bonds. The molecule has 0 spiro atoms. The van der Waals surface area contributed by atoms with Crippen LogP contribution in [0.1, 0.15) is 33.9 Å². The van der Waals surface area contributed by atoms with Crippen molar-refractivity contribution in [3.63, 3.8) is 0 Å². The topological polar surface area (TPSA) is 40.5 Å². The third-order valence-corrected chi connectivity index (χ3v) is 5.74. The molecule has 0 heterocycles. The van der Waals surface area contributed by atoms with Gasteiger partial charge in [0.15, 0.2) is 0 Å². The number of rotatable bonds is 5. The Bertz CT molecular complexity index is 1040. The minimum atomic E-state index is -1.39. The zero-order chi connectivity index (χ0) is 20.3. The molecule has 0 aliphatic carbocycles. The fourth-order valence-electron chi connectivity index (χ4n) is 3.73. The Balaban J connectivity index is 1.92. The summed E-state index contributed by atoms with van der Waals surface area (Å²) in [5.74, 6) is 0. The van der Waals surface area contributed by atoms with Crippen molar-refractivity contribution in [2.24, 2.45) is 0 Å². The molecular weight excluding hydrogens is 424 g/mol.